The molecule has 0 saturated carbocycles. The molecule has 9 nitrogen and oxygen atoms in total. The fraction of sp³-hybridized carbons (Fsp3) is 0.0870. The van der Waals surface area contributed by atoms with Gasteiger partial charge in [-0.1, -0.05) is 34.8 Å². The number of rotatable bonds is 8. The molecular weight excluding hydrogens is 549 g/mol. The second kappa shape index (κ2) is 10.6. The first-order valence-electron chi connectivity index (χ1n) is 10.1. The van der Waals surface area contributed by atoms with Crippen molar-refractivity contribution < 1.29 is 17.9 Å². The lowest BCUT2D eigenvalue weighted by Gasteiger charge is -2.11. The van der Waals surface area contributed by atoms with Crippen LogP contribution in [-0.2, 0) is 16.6 Å². The molecule has 2 aromatic carbocycles. The highest BCUT2D eigenvalue weighted by molar-refractivity contribution is 7.91. The third-order valence-corrected chi connectivity index (χ3v) is 5.74. The molecule has 0 aliphatic carbocycles. The van der Waals surface area contributed by atoms with Crippen LogP contribution in [0, 0.1) is 11.3 Å². The SMILES string of the molecule is CS(=O)(=O)Nc1nccc(COc2ccc3c(ccn3-c3cc(Cl)c(OC=C(Cl)Cl)c(C#N)c3)c2)n1. The van der Waals surface area contributed by atoms with Gasteiger partial charge in [-0.2, -0.15) is 5.26 Å². The van der Waals surface area contributed by atoms with Crippen LogP contribution in [0.25, 0.3) is 16.6 Å². The molecule has 4 aromatic rings. The van der Waals surface area contributed by atoms with E-state index in [1.54, 1.807) is 24.3 Å². The van der Waals surface area contributed by atoms with Crippen molar-refractivity contribution in [3.05, 3.63) is 81.9 Å². The van der Waals surface area contributed by atoms with Gasteiger partial charge in [0.15, 0.2) is 5.75 Å². The van der Waals surface area contributed by atoms with Crippen molar-refractivity contribution in [3.63, 3.8) is 0 Å². The lowest BCUT2D eigenvalue weighted by atomic mass is 10.2. The first-order valence-corrected chi connectivity index (χ1v) is 13.1. The van der Waals surface area contributed by atoms with E-state index >= 15 is 0 Å². The highest BCUT2D eigenvalue weighted by Crippen LogP contribution is 2.34. The maximum atomic E-state index is 11.4. The number of benzene rings is 2. The smallest absolute Gasteiger partial charge is 0.236 e. The Bertz CT molecular complexity index is 1630. The predicted octanol–water partition coefficient (Wildman–Crippen LogP) is 5.55. The van der Waals surface area contributed by atoms with Gasteiger partial charge in [0.2, 0.25) is 16.0 Å². The summed E-state index contributed by atoms with van der Waals surface area (Å²) in [4.78, 5) is 8.02. The predicted molar refractivity (Wildman–Crippen MR) is 138 cm³/mol. The number of nitriles is 1. The van der Waals surface area contributed by atoms with E-state index in [4.69, 9.17) is 44.3 Å². The fourth-order valence-corrected chi connectivity index (χ4v) is 4.09. The van der Waals surface area contributed by atoms with E-state index in [9.17, 15) is 13.7 Å². The van der Waals surface area contributed by atoms with Crippen LogP contribution in [0.3, 0.4) is 0 Å². The van der Waals surface area contributed by atoms with Crippen molar-refractivity contribution in [3.8, 4) is 23.3 Å². The molecule has 36 heavy (non-hydrogen) atoms. The molecule has 0 atom stereocenters. The zero-order chi connectivity index (χ0) is 25.9. The van der Waals surface area contributed by atoms with Gasteiger partial charge in [-0.15, -0.1) is 0 Å². The lowest BCUT2D eigenvalue weighted by molar-refractivity contribution is 0.301. The fourth-order valence-electron chi connectivity index (χ4n) is 3.31. The Morgan fingerprint density at radius 1 is 1.22 bits per heavy atom. The molecule has 4 rings (SSSR count). The number of fused-ring (bicyclic) bond motifs is 1. The van der Waals surface area contributed by atoms with Crippen molar-refractivity contribution in [1.29, 1.82) is 5.26 Å². The number of hydrogen-bond acceptors (Lipinski definition) is 7. The molecule has 0 aliphatic heterocycles. The molecule has 0 aliphatic rings. The number of anilines is 1. The summed E-state index contributed by atoms with van der Waals surface area (Å²) in [5, 5.41) is 10.7. The van der Waals surface area contributed by atoms with E-state index in [-0.39, 0.29) is 33.4 Å². The standard InChI is InChI=1S/C23H16Cl3N5O4S/c1-36(32,33)30-23-28-6-4-16(29-23)12-34-18-2-3-20-14(9-18)5-7-31(20)17-8-15(11-27)22(19(24)10-17)35-13-21(25)26/h2-10,13H,12H2,1H3,(H,28,29,30). The van der Waals surface area contributed by atoms with E-state index in [1.807, 2.05) is 29.0 Å². The minimum Gasteiger partial charge on any atom is -0.487 e. The van der Waals surface area contributed by atoms with Gasteiger partial charge in [0.1, 0.15) is 29.2 Å². The molecule has 0 saturated heterocycles. The zero-order valence-corrected chi connectivity index (χ0v) is 21.5. The van der Waals surface area contributed by atoms with Gasteiger partial charge in [0, 0.05) is 23.5 Å². The van der Waals surface area contributed by atoms with E-state index in [1.165, 1.54) is 6.20 Å². The van der Waals surface area contributed by atoms with E-state index in [0.717, 1.165) is 23.4 Å². The summed E-state index contributed by atoms with van der Waals surface area (Å²) < 4.78 is 37.9. The number of hydrogen-bond donors (Lipinski definition) is 1. The molecule has 0 radical (unpaired) electrons. The maximum Gasteiger partial charge on any atom is 0.236 e. The third kappa shape index (κ3) is 6.19. The van der Waals surface area contributed by atoms with Crippen LogP contribution >= 0.6 is 34.8 Å². The molecule has 2 aromatic heterocycles. The summed E-state index contributed by atoms with van der Waals surface area (Å²) in [6.45, 7) is 0.108. The molecule has 184 valence electrons. The van der Waals surface area contributed by atoms with Gasteiger partial charge < -0.3 is 14.0 Å². The molecule has 0 amide bonds. The molecule has 0 spiro atoms. The quantitative estimate of drug-likeness (QED) is 0.279. The van der Waals surface area contributed by atoms with Crippen molar-refractivity contribution in [2.24, 2.45) is 0 Å². The van der Waals surface area contributed by atoms with Crippen LogP contribution in [0.4, 0.5) is 5.95 Å². The first-order chi connectivity index (χ1) is 17.1. The Kier molecular flexibility index (Phi) is 7.56. The van der Waals surface area contributed by atoms with Crippen molar-refractivity contribution in [2.75, 3.05) is 11.0 Å². The lowest BCUT2D eigenvalue weighted by Crippen LogP contribution is -2.13. The van der Waals surface area contributed by atoms with Crippen molar-refractivity contribution in [1.82, 2.24) is 14.5 Å². The van der Waals surface area contributed by atoms with E-state index in [0.29, 0.717) is 17.1 Å². The minimum atomic E-state index is -3.49. The topological polar surface area (TPSA) is 119 Å². The highest BCUT2D eigenvalue weighted by Gasteiger charge is 2.14. The largest absolute Gasteiger partial charge is 0.487 e. The van der Waals surface area contributed by atoms with Gasteiger partial charge in [-0.25, -0.2) is 18.4 Å². The summed E-state index contributed by atoms with van der Waals surface area (Å²) in [6.07, 6.45) is 5.39. The van der Waals surface area contributed by atoms with Gasteiger partial charge >= 0.3 is 0 Å². The summed E-state index contributed by atoms with van der Waals surface area (Å²) in [5.41, 5.74) is 2.21. The number of sulfonamides is 1. The summed E-state index contributed by atoms with van der Waals surface area (Å²) in [7, 11) is -3.49. The van der Waals surface area contributed by atoms with Gasteiger partial charge in [0.25, 0.3) is 0 Å². The average molecular weight is 565 g/mol. The number of halogens is 3. The second-order valence-electron chi connectivity index (χ2n) is 7.38. The number of ether oxygens (including phenoxy) is 2. The van der Waals surface area contributed by atoms with Crippen molar-refractivity contribution >= 4 is 61.7 Å². The third-order valence-electron chi connectivity index (χ3n) is 4.73. The molecule has 0 fully saturated rings. The minimum absolute atomic E-state index is 0.0280. The Morgan fingerprint density at radius 3 is 2.75 bits per heavy atom. The number of nitrogens with zero attached hydrogens (tertiary/aromatic N) is 4. The number of aromatic nitrogens is 3. The van der Waals surface area contributed by atoms with Gasteiger partial charge in [0.05, 0.1) is 28.1 Å². The second-order valence-corrected chi connectivity index (χ2v) is 10.5. The normalized spacial score (nSPS) is 11.1. The molecule has 1 N–H and O–H groups in total. The Hall–Kier alpha value is -3.49. The molecule has 13 heteroatoms. The van der Waals surface area contributed by atoms with Crippen LogP contribution < -0.4 is 14.2 Å². The summed E-state index contributed by atoms with van der Waals surface area (Å²) in [5.74, 6) is 0.703. The molecule has 2 heterocycles. The number of nitrogens with one attached hydrogen (secondary N) is 1. The van der Waals surface area contributed by atoms with Crippen LogP contribution in [0.15, 0.2) is 65.6 Å². The highest BCUT2D eigenvalue weighted by atomic mass is 35.5. The molecular formula is C23H16Cl3N5O4S. The van der Waals surface area contributed by atoms with Gasteiger partial charge in [-0.3, -0.25) is 4.72 Å². The Morgan fingerprint density at radius 2 is 2.03 bits per heavy atom. The van der Waals surface area contributed by atoms with Crippen molar-refractivity contribution in [2.45, 2.75) is 6.61 Å². The zero-order valence-electron chi connectivity index (χ0n) is 18.4. The van der Waals surface area contributed by atoms with E-state index < -0.39 is 10.0 Å². The van der Waals surface area contributed by atoms with Crippen LogP contribution in [0.5, 0.6) is 11.5 Å². The van der Waals surface area contributed by atoms with Crippen LogP contribution in [0.2, 0.25) is 5.02 Å². The average Bonchev–Trinajstić information content (AvgIpc) is 3.24. The Labute approximate surface area is 221 Å². The van der Waals surface area contributed by atoms with E-state index in [2.05, 4.69) is 20.8 Å². The first kappa shape index (κ1) is 25.6. The monoisotopic (exact) mass is 563 g/mol. The van der Waals surface area contributed by atoms with Crippen LogP contribution in [0.1, 0.15) is 11.3 Å². The summed E-state index contributed by atoms with van der Waals surface area (Å²) in [6, 6.07) is 14.4. The van der Waals surface area contributed by atoms with Crippen LogP contribution in [-0.4, -0.2) is 29.2 Å². The molecule has 0 unspecified atom stereocenters. The summed E-state index contributed by atoms with van der Waals surface area (Å²) >= 11 is 17.5. The Balaban J connectivity index is 1.56. The molecule has 0 bridgehead atoms. The maximum absolute atomic E-state index is 11.4. The van der Waals surface area contributed by atoms with Gasteiger partial charge in [-0.05, 0) is 42.5 Å².